The van der Waals surface area contributed by atoms with Gasteiger partial charge in [-0.05, 0) is 17.7 Å². The van der Waals surface area contributed by atoms with Gasteiger partial charge in [0.05, 0.1) is 13.5 Å². The van der Waals surface area contributed by atoms with Crippen LogP contribution in [0.1, 0.15) is 11.5 Å². The normalized spacial score (nSPS) is 10.3. The molecule has 0 bridgehead atoms. The average molecular weight is 339 g/mol. The number of nitrogens with one attached hydrogen (secondary N) is 1. The Morgan fingerprint density at radius 1 is 1.08 bits per heavy atom. The van der Waals surface area contributed by atoms with Crippen LogP contribution in [0.2, 0.25) is 0 Å². The van der Waals surface area contributed by atoms with Crippen molar-refractivity contribution in [2.45, 2.75) is 6.42 Å². The van der Waals surface area contributed by atoms with E-state index in [1.54, 1.807) is 31.4 Å². The molecule has 1 aromatic heterocycles. The number of benzene rings is 2. The second-order valence-electron chi connectivity index (χ2n) is 5.18. The molecule has 0 spiro atoms. The number of amides is 1. The van der Waals surface area contributed by atoms with Crippen LogP contribution < -0.4 is 14.8 Å². The average Bonchev–Trinajstić information content (AvgIpc) is 3.08. The molecule has 2 aromatic carbocycles. The fourth-order valence-corrected chi connectivity index (χ4v) is 2.14. The first-order valence-corrected chi connectivity index (χ1v) is 7.66. The maximum atomic E-state index is 11.9. The lowest BCUT2D eigenvalue weighted by Gasteiger charge is -2.06. The summed E-state index contributed by atoms with van der Waals surface area (Å²) in [7, 11) is 1.56. The Labute approximate surface area is 144 Å². The van der Waals surface area contributed by atoms with Crippen LogP contribution in [-0.4, -0.2) is 29.8 Å². The van der Waals surface area contributed by atoms with Gasteiger partial charge in [-0.2, -0.15) is 0 Å². The molecule has 1 N–H and O–H groups in total. The van der Waals surface area contributed by atoms with Gasteiger partial charge in [0, 0.05) is 6.07 Å². The fourth-order valence-electron chi connectivity index (χ4n) is 2.14. The second kappa shape index (κ2) is 7.96. The van der Waals surface area contributed by atoms with E-state index in [1.165, 1.54) is 0 Å². The lowest BCUT2D eigenvalue weighted by atomic mass is 10.2. The molecule has 0 saturated heterocycles. The highest BCUT2D eigenvalue weighted by atomic mass is 16.5. The van der Waals surface area contributed by atoms with Crippen LogP contribution in [0.3, 0.4) is 0 Å². The quantitative estimate of drug-likeness (QED) is 0.712. The molecule has 3 aromatic rings. The summed E-state index contributed by atoms with van der Waals surface area (Å²) in [6, 6.07) is 16.8. The predicted molar refractivity (Wildman–Crippen MR) is 90.7 cm³/mol. The number of hydrogen-bond acceptors (Lipinski definition) is 6. The van der Waals surface area contributed by atoms with Crippen LogP contribution in [-0.2, 0) is 11.2 Å². The SMILES string of the molecule is COc1cccc(OCC(=O)Nc2nnc(Cc3ccccc3)o2)c1. The molecule has 0 fully saturated rings. The molecule has 1 heterocycles. The van der Waals surface area contributed by atoms with Crippen molar-refractivity contribution in [2.75, 3.05) is 19.0 Å². The smallest absolute Gasteiger partial charge is 0.322 e. The highest BCUT2D eigenvalue weighted by Gasteiger charge is 2.11. The Hall–Kier alpha value is -3.35. The summed E-state index contributed by atoms with van der Waals surface area (Å²) in [5.41, 5.74) is 1.05. The standard InChI is InChI=1S/C18H17N3O4/c1-23-14-8-5-9-15(11-14)24-12-16(22)19-18-21-20-17(25-18)10-13-6-3-2-4-7-13/h2-9,11H,10,12H2,1H3,(H,19,21,22). The van der Waals surface area contributed by atoms with Gasteiger partial charge in [0.2, 0.25) is 5.89 Å². The molecule has 0 atom stereocenters. The molecule has 3 rings (SSSR count). The Balaban J connectivity index is 1.51. The molecule has 0 radical (unpaired) electrons. The van der Waals surface area contributed by atoms with Gasteiger partial charge < -0.3 is 13.9 Å². The Morgan fingerprint density at radius 2 is 1.88 bits per heavy atom. The van der Waals surface area contributed by atoms with Crippen LogP contribution in [0.25, 0.3) is 0 Å². The van der Waals surface area contributed by atoms with E-state index < -0.39 is 5.91 Å². The first kappa shape index (κ1) is 16.5. The van der Waals surface area contributed by atoms with E-state index in [4.69, 9.17) is 13.9 Å². The molecule has 7 heteroatoms. The lowest BCUT2D eigenvalue weighted by molar-refractivity contribution is -0.118. The van der Waals surface area contributed by atoms with Crippen LogP contribution in [0.5, 0.6) is 11.5 Å². The third-order valence-corrected chi connectivity index (χ3v) is 3.32. The van der Waals surface area contributed by atoms with Crippen LogP contribution in [0.15, 0.2) is 59.0 Å². The summed E-state index contributed by atoms with van der Waals surface area (Å²) >= 11 is 0. The molecule has 7 nitrogen and oxygen atoms in total. The van der Waals surface area contributed by atoms with Crippen molar-refractivity contribution in [2.24, 2.45) is 0 Å². The number of anilines is 1. The van der Waals surface area contributed by atoms with Gasteiger partial charge in [-0.3, -0.25) is 10.1 Å². The van der Waals surface area contributed by atoms with Crippen molar-refractivity contribution < 1.29 is 18.7 Å². The monoisotopic (exact) mass is 339 g/mol. The van der Waals surface area contributed by atoms with Crippen LogP contribution >= 0.6 is 0 Å². The van der Waals surface area contributed by atoms with E-state index >= 15 is 0 Å². The van der Waals surface area contributed by atoms with Crippen molar-refractivity contribution in [1.29, 1.82) is 0 Å². The maximum absolute atomic E-state index is 11.9. The molecule has 0 aliphatic carbocycles. The van der Waals surface area contributed by atoms with E-state index in [0.29, 0.717) is 23.8 Å². The number of carbonyl (C=O) groups excluding carboxylic acids is 1. The number of aromatic nitrogens is 2. The Bertz CT molecular complexity index is 833. The minimum absolute atomic E-state index is 0.0465. The summed E-state index contributed by atoms with van der Waals surface area (Å²) in [5, 5.41) is 10.2. The van der Waals surface area contributed by atoms with E-state index in [-0.39, 0.29) is 12.6 Å². The van der Waals surface area contributed by atoms with Gasteiger partial charge in [0.25, 0.3) is 5.91 Å². The van der Waals surface area contributed by atoms with Crippen LogP contribution in [0, 0.1) is 0 Å². The fraction of sp³-hybridized carbons (Fsp3) is 0.167. The third kappa shape index (κ3) is 4.81. The molecule has 1 amide bonds. The highest BCUT2D eigenvalue weighted by Crippen LogP contribution is 2.18. The number of hydrogen-bond donors (Lipinski definition) is 1. The molecule has 0 aliphatic rings. The molecular weight excluding hydrogens is 322 g/mol. The summed E-state index contributed by atoms with van der Waals surface area (Å²) in [5.74, 6) is 1.22. The number of ether oxygens (including phenoxy) is 2. The van der Waals surface area contributed by atoms with Gasteiger partial charge in [-0.25, -0.2) is 0 Å². The molecule has 0 unspecified atom stereocenters. The summed E-state index contributed by atoms with van der Waals surface area (Å²) in [6.45, 7) is -0.177. The van der Waals surface area contributed by atoms with E-state index in [2.05, 4.69) is 15.5 Å². The second-order valence-corrected chi connectivity index (χ2v) is 5.18. The van der Waals surface area contributed by atoms with Gasteiger partial charge in [0.15, 0.2) is 6.61 Å². The zero-order valence-corrected chi connectivity index (χ0v) is 13.6. The van der Waals surface area contributed by atoms with Crippen molar-refractivity contribution >= 4 is 11.9 Å². The zero-order valence-electron chi connectivity index (χ0n) is 13.6. The molecule has 25 heavy (non-hydrogen) atoms. The number of rotatable bonds is 7. The largest absolute Gasteiger partial charge is 0.497 e. The number of methoxy groups -OCH3 is 1. The summed E-state index contributed by atoms with van der Waals surface area (Å²) in [6.07, 6.45) is 0.504. The minimum atomic E-state index is -0.391. The molecule has 0 saturated carbocycles. The Kier molecular flexibility index (Phi) is 5.26. The van der Waals surface area contributed by atoms with E-state index in [0.717, 1.165) is 5.56 Å². The minimum Gasteiger partial charge on any atom is -0.497 e. The van der Waals surface area contributed by atoms with E-state index in [1.807, 2.05) is 30.3 Å². The first-order valence-electron chi connectivity index (χ1n) is 7.66. The third-order valence-electron chi connectivity index (χ3n) is 3.32. The number of carbonyl (C=O) groups is 1. The van der Waals surface area contributed by atoms with Crippen molar-refractivity contribution in [1.82, 2.24) is 10.2 Å². The Morgan fingerprint density at radius 3 is 2.68 bits per heavy atom. The number of nitrogens with zero attached hydrogens (tertiary/aromatic N) is 2. The van der Waals surface area contributed by atoms with Crippen molar-refractivity contribution in [3.8, 4) is 11.5 Å². The van der Waals surface area contributed by atoms with Crippen molar-refractivity contribution in [3.63, 3.8) is 0 Å². The lowest BCUT2D eigenvalue weighted by Crippen LogP contribution is -2.20. The van der Waals surface area contributed by atoms with Gasteiger partial charge >= 0.3 is 6.01 Å². The van der Waals surface area contributed by atoms with E-state index in [9.17, 15) is 4.79 Å². The van der Waals surface area contributed by atoms with Gasteiger partial charge in [-0.1, -0.05) is 41.5 Å². The highest BCUT2D eigenvalue weighted by molar-refractivity contribution is 5.89. The first-order chi connectivity index (χ1) is 12.2. The predicted octanol–water partition coefficient (Wildman–Crippen LogP) is 2.69. The molecular formula is C18H17N3O4. The van der Waals surface area contributed by atoms with Gasteiger partial charge in [0.1, 0.15) is 11.5 Å². The van der Waals surface area contributed by atoms with Crippen LogP contribution in [0.4, 0.5) is 6.01 Å². The van der Waals surface area contributed by atoms with Gasteiger partial charge in [-0.15, -0.1) is 5.10 Å². The molecule has 128 valence electrons. The topological polar surface area (TPSA) is 86.5 Å². The zero-order chi connectivity index (χ0) is 17.5. The summed E-state index contributed by atoms with van der Waals surface area (Å²) < 4.78 is 15.9. The maximum Gasteiger partial charge on any atom is 0.322 e. The summed E-state index contributed by atoms with van der Waals surface area (Å²) in [4.78, 5) is 11.9. The van der Waals surface area contributed by atoms with Crippen molar-refractivity contribution in [3.05, 3.63) is 66.1 Å². The molecule has 0 aliphatic heterocycles.